The Bertz CT molecular complexity index is 181. The van der Waals surface area contributed by atoms with E-state index in [1.165, 1.54) is 51.5 Å². The third kappa shape index (κ3) is 4.06. The Morgan fingerprint density at radius 1 is 1.12 bits per heavy atom. The minimum absolute atomic E-state index is 0.555. The number of ether oxygens (including phenoxy) is 1. The lowest BCUT2D eigenvalue weighted by Crippen LogP contribution is -2.28. The summed E-state index contributed by atoms with van der Waals surface area (Å²) >= 11 is 0. The minimum atomic E-state index is 0.555. The smallest absolute Gasteiger partial charge is 0.0588 e. The molecule has 94 valence electrons. The monoisotopic (exact) mass is 225 g/mol. The second-order valence-electron chi connectivity index (χ2n) is 5.75. The third-order valence-electron chi connectivity index (χ3n) is 4.24. The van der Waals surface area contributed by atoms with Gasteiger partial charge in [0.25, 0.3) is 0 Å². The van der Waals surface area contributed by atoms with Gasteiger partial charge >= 0.3 is 0 Å². The second-order valence-corrected chi connectivity index (χ2v) is 5.75. The van der Waals surface area contributed by atoms with Crippen LogP contribution in [-0.4, -0.2) is 25.8 Å². The van der Waals surface area contributed by atoms with Gasteiger partial charge in [-0.25, -0.2) is 0 Å². The van der Waals surface area contributed by atoms with Crippen molar-refractivity contribution >= 4 is 0 Å². The van der Waals surface area contributed by atoms with Crippen molar-refractivity contribution in [2.24, 2.45) is 11.8 Å². The molecule has 16 heavy (non-hydrogen) atoms. The summed E-state index contributed by atoms with van der Waals surface area (Å²) in [6.07, 6.45) is 10.1. The molecule has 0 amide bonds. The zero-order chi connectivity index (χ0) is 11.2. The summed E-state index contributed by atoms with van der Waals surface area (Å²) in [6, 6.07) is 0. The highest BCUT2D eigenvalue weighted by Crippen LogP contribution is 2.27. The van der Waals surface area contributed by atoms with E-state index in [0.717, 1.165) is 25.0 Å². The van der Waals surface area contributed by atoms with E-state index in [-0.39, 0.29) is 0 Å². The first kappa shape index (κ1) is 12.4. The first-order valence-electron chi connectivity index (χ1n) is 7.17. The van der Waals surface area contributed by atoms with Gasteiger partial charge < -0.3 is 10.1 Å². The zero-order valence-corrected chi connectivity index (χ0v) is 10.7. The average molecular weight is 225 g/mol. The molecule has 1 heterocycles. The molecule has 2 rings (SSSR count). The van der Waals surface area contributed by atoms with Crippen molar-refractivity contribution in [3.8, 4) is 0 Å². The van der Waals surface area contributed by atoms with Crippen LogP contribution in [0.5, 0.6) is 0 Å². The predicted molar refractivity (Wildman–Crippen MR) is 67.6 cm³/mol. The first-order valence-corrected chi connectivity index (χ1v) is 7.17. The van der Waals surface area contributed by atoms with Crippen molar-refractivity contribution in [3.63, 3.8) is 0 Å². The normalized spacial score (nSPS) is 35.4. The molecule has 1 unspecified atom stereocenters. The van der Waals surface area contributed by atoms with Gasteiger partial charge in [0, 0.05) is 6.61 Å². The molecule has 1 aliphatic heterocycles. The summed E-state index contributed by atoms with van der Waals surface area (Å²) in [5.41, 5.74) is 0. The summed E-state index contributed by atoms with van der Waals surface area (Å²) < 4.78 is 5.62. The van der Waals surface area contributed by atoms with Crippen molar-refractivity contribution in [2.75, 3.05) is 19.7 Å². The highest BCUT2D eigenvalue weighted by molar-refractivity contribution is 4.72. The largest absolute Gasteiger partial charge is 0.378 e. The number of rotatable bonds is 5. The summed E-state index contributed by atoms with van der Waals surface area (Å²) in [4.78, 5) is 0. The Kier molecular flexibility index (Phi) is 5.11. The van der Waals surface area contributed by atoms with Crippen LogP contribution < -0.4 is 5.32 Å². The molecule has 0 spiro atoms. The van der Waals surface area contributed by atoms with Crippen molar-refractivity contribution < 1.29 is 4.74 Å². The fourth-order valence-corrected chi connectivity index (χ4v) is 2.97. The van der Waals surface area contributed by atoms with Crippen molar-refractivity contribution in [1.82, 2.24) is 5.32 Å². The predicted octanol–water partition coefficient (Wildman–Crippen LogP) is 2.97. The van der Waals surface area contributed by atoms with Crippen molar-refractivity contribution in [1.29, 1.82) is 0 Å². The molecular weight excluding hydrogens is 198 g/mol. The molecule has 2 nitrogen and oxygen atoms in total. The Morgan fingerprint density at radius 3 is 2.62 bits per heavy atom. The fourth-order valence-electron chi connectivity index (χ4n) is 2.97. The van der Waals surface area contributed by atoms with Gasteiger partial charge in [0.1, 0.15) is 0 Å². The van der Waals surface area contributed by atoms with Gasteiger partial charge in [0.2, 0.25) is 0 Å². The number of hydrogen-bond donors (Lipinski definition) is 1. The van der Waals surface area contributed by atoms with Crippen LogP contribution in [0.15, 0.2) is 0 Å². The summed E-state index contributed by atoms with van der Waals surface area (Å²) in [7, 11) is 0. The molecule has 0 radical (unpaired) electrons. The van der Waals surface area contributed by atoms with Gasteiger partial charge in [-0.1, -0.05) is 19.8 Å². The van der Waals surface area contributed by atoms with Crippen LogP contribution in [0.2, 0.25) is 0 Å². The average Bonchev–Trinajstić information content (AvgIpc) is 2.80. The van der Waals surface area contributed by atoms with E-state index >= 15 is 0 Å². The standard InChI is InChI=1S/C14H27NO/c1-12-4-6-13(7-5-12)11-15-9-8-14-3-2-10-16-14/h12-15H,2-11H2,1H3. The molecule has 1 aliphatic carbocycles. The fraction of sp³-hybridized carbons (Fsp3) is 1.00. The highest BCUT2D eigenvalue weighted by Gasteiger charge is 2.18. The molecule has 1 N–H and O–H groups in total. The summed E-state index contributed by atoms with van der Waals surface area (Å²) in [5.74, 6) is 1.92. The molecule has 0 aromatic heterocycles. The quantitative estimate of drug-likeness (QED) is 0.726. The van der Waals surface area contributed by atoms with Crippen LogP contribution in [0.25, 0.3) is 0 Å². The first-order chi connectivity index (χ1) is 7.84. The van der Waals surface area contributed by atoms with Crippen LogP contribution in [0, 0.1) is 11.8 Å². The van der Waals surface area contributed by atoms with Gasteiger partial charge in [-0.15, -0.1) is 0 Å². The molecule has 0 aromatic rings. The maximum absolute atomic E-state index is 5.62. The molecular formula is C14H27NO. The maximum atomic E-state index is 5.62. The van der Waals surface area contributed by atoms with Gasteiger partial charge in [-0.3, -0.25) is 0 Å². The van der Waals surface area contributed by atoms with Gasteiger partial charge in [-0.2, -0.15) is 0 Å². The Hall–Kier alpha value is -0.0800. The van der Waals surface area contributed by atoms with E-state index in [1.807, 2.05) is 0 Å². The SMILES string of the molecule is CC1CCC(CNCCC2CCCO2)CC1. The van der Waals surface area contributed by atoms with Crippen LogP contribution in [0.3, 0.4) is 0 Å². The van der Waals surface area contributed by atoms with Crippen molar-refractivity contribution in [3.05, 3.63) is 0 Å². The minimum Gasteiger partial charge on any atom is -0.378 e. The van der Waals surface area contributed by atoms with E-state index in [9.17, 15) is 0 Å². The Morgan fingerprint density at radius 2 is 1.94 bits per heavy atom. The van der Waals surface area contributed by atoms with Crippen LogP contribution in [0.4, 0.5) is 0 Å². The van der Waals surface area contributed by atoms with Gasteiger partial charge in [-0.05, 0) is 57.0 Å². The lowest BCUT2D eigenvalue weighted by atomic mass is 9.83. The Labute approximate surface area is 100 Å². The third-order valence-corrected chi connectivity index (χ3v) is 4.24. The van der Waals surface area contributed by atoms with Crippen molar-refractivity contribution in [2.45, 2.75) is 58.0 Å². The molecule has 0 bridgehead atoms. The van der Waals surface area contributed by atoms with Gasteiger partial charge in [0.15, 0.2) is 0 Å². The molecule has 2 fully saturated rings. The molecule has 2 heteroatoms. The molecule has 0 aromatic carbocycles. The van der Waals surface area contributed by atoms with E-state index in [2.05, 4.69) is 12.2 Å². The molecule has 1 atom stereocenters. The number of hydrogen-bond acceptors (Lipinski definition) is 2. The summed E-state index contributed by atoms with van der Waals surface area (Å²) in [6.45, 7) is 5.77. The van der Waals surface area contributed by atoms with E-state index in [4.69, 9.17) is 4.74 Å². The maximum Gasteiger partial charge on any atom is 0.0588 e. The van der Waals surface area contributed by atoms with E-state index < -0.39 is 0 Å². The molecule has 2 aliphatic rings. The van der Waals surface area contributed by atoms with Crippen LogP contribution >= 0.6 is 0 Å². The van der Waals surface area contributed by atoms with E-state index in [0.29, 0.717) is 6.10 Å². The highest BCUT2D eigenvalue weighted by atomic mass is 16.5. The Balaban J connectivity index is 1.48. The van der Waals surface area contributed by atoms with Gasteiger partial charge in [0.05, 0.1) is 6.10 Å². The lowest BCUT2D eigenvalue weighted by molar-refractivity contribution is 0.104. The molecule has 1 saturated carbocycles. The second kappa shape index (κ2) is 6.61. The lowest BCUT2D eigenvalue weighted by Gasteiger charge is -2.26. The topological polar surface area (TPSA) is 21.3 Å². The molecule has 1 saturated heterocycles. The van der Waals surface area contributed by atoms with E-state index in [1.54, 1.807) is 0 Å². The van der Waals surface area contributed by atoms with Crippen LogP contribution in [0.1, 0.15) is 51.9 Å². The van der Waals surface area contributed by atoms with Crippen LogP contribution in [-0.2, 0) is 4.74 Å². The summed E-state index contributed by atoms with van der Waals surface area (Å²) in [5, 5.41) is 3.62. The number of nitrogens with one attached hydrogen (secondary N) is 1. The zero-order valence-electron chi connectivity index (χ0n) is 10.7.